The molecule has 3 N–H and O–H groups in total. The topological polar surface area (TPSA) is 89.3 Å². The molecule has 0 aromatic carbocycles. The van der Waals surface area contributed by atoms with Crippen LogP contribution in [0.15, 0.2) is 23.6 Å². The van der Waals surface area contributed by atoms with E-state index in [2.05, 4.69) is 15.2 Å². The lowest BCUT2D eigenvalue weighted by Gasteiger charge is -2.09. The highest BCUT2D eigenvalue weighted by Crippen LogP contribution is 2.19. The molecule has 0 aliphatic heterocycles. The summed E-state index contributed by atoms with van der Waals surface area (Å²) in [4.78, 5) is 4.07. The molecule has 2 rings (SSSR count). The summed E-state index contributed by atoms with van der Waals surface area (Å²) in [5, 5.41) is 16.3. The van der Waals surface area contributed by atoms with E-state index >= 15 is 0 Å². The Hall–Kier alpha value is -2.37. The van der Waals surface area contributed by atoms with Crippen molar-refractivity contribution in [2.75, 3.05) is 0 Å². The molecule has 0 atom stereocenters. The van der Waals surface area contributed by atoms with Crippen molar-refractivity contribution in [3.63, 3.8) is 0 Å². The number of oxime groups is 1. The van der Waals surface area contributed by atoms with Gasteiger partial charge in [-0.05, 0) is 32.4 Å². The molecule has 0 amide bonds. The number of hydrogen-bond donors (Lipinski definition) is 2. The van der Waals surface area contributed by atoms with Gasteiger partial charge < -0.3 is 10.9 Å². The Balaban J connectivity index is 2.68. The Kier molecular flexibility index (Phi) is 3.01. The second-order valence-electron chi connectivity index (χ2n) is 4.09. The summed E-state index contributed by atoms with van der Waals surface area (Å²) >= 11 is 0. The van der Waals surface area contributed by atoms with Crippen molar-refractivity contribution in [2.45, 2.75) is 20.8 Å². The number of nitrogens with zero attached hydrogens (tertiary/aromatic N) is 4. The summed E-state index contributed by atoms with van der Waals surface area (Å²) in [6.45, 7) is 5.92. The molecule has 0 radical (unpaired) electrons. The molecule has 0 saturated heterocycles. The average molecular weight is 245 g/mol. The van der Waals surface area contributed by atoms with Gasteiger partial charge in [-0.25, -0.2) is 4.68 Å². The highest BCUT2D eigenvalue weighted by atomic mass is 16.4. The number of aromatic nitrogens is 3. The molecule has 6 nitrogen and oxygen atoms in total. The van der Waals surface area contributed by atoms with Gasteiger partial charge in [0.2, 0.25) is 0 Å². The van der Waals surface area contributed by atoms with Crippen molar-refractivity contribution < 1.29 is 5.21 Å². The maximum atomic E-state index is 8.80. The normalized spacial score (nSPS) is 11.8. The molecule has 0 aliphatic rings. The van der Waals surface area contributed by atoms with E-state index in [9.17, 15) is 0 Å². The highest BCUT2D eigenvalue weighted by Gasteiger charge is 2.14. The number of pyridine rings is 1. The lowest BCUT2D eigenvalue weighted by molar-refractivity contribution is 0.318. The van der Waals surface area contributed by atoms with E-state index < -0.39 is 0 Å². The summed E-state index contributed by atoms with van der Waals surface area (Å²) in [5.74, 6) is 0.0395. The lowest BCUT2D eigenvalue weighted by atomic mass is 10.2. The van der Waals surface area contributed by atoms with E-state index in [1.165, 1.54) is 0 Å². The van der Waals surface area contributed by atoms with Crippen LogP contribution in [0.5, 0.6) is 0 Å². The van der Waals surface area contributed by atoms with E-state index in [-0.39, 0.29) is 5.84 Å². The number of rotatable bonds is 2. The van der Waals surface area contributed by atoms with Crippen molar-refractivity contribution in [3.8, 4) is 5.69 Å². The van der Waals surface area contributed by atoms with Gasteiger partial charge in [0.05, 0.1) is 17.6 Å². The second-order valence-corrected chi connectivity index (χ2v) is 4.09. The van der Waals surface area contributed by atoms with E-state index in [4.69, 9.17) is 10.9 Å². The zero-order valence-electron chi connectivity index (χ0n) is 10.5. The van der Waals surface area contributed by atoms with Crippen LogP contribution in [0.1, 0.15) is 22.5 Å². The van der Waals surface area contributed by atoms with Crippen molar-refractivity contribution in [1.29, 1.82) is 0 Å². The molecule has 6 heteroatoms. The number of aryl methyl sites for hydroxylation is 1. The Morgan fingerprint density at radius 1 is 1.39 bits per heavy atom. The van der Waals surface area contributed by atoms with E-state index in [0.29, 0.717) is 11.3 Å². The molecule has 94 valence electrons. The summed E-state index contributed by atoms with van der Waals surface area (Å²) in [5.41, 5.74) is 10.0. The van der Waals surface area contributed by atoms with Crippen LogP contribution in [0.3, 0.4) is 0 Å². The van der Waals surface area contributed by atoms with Gasteiger partial charge in [-0.3, -0.25) is 4.98 Å². The lowest BCUT2D eigenvalue weighted by Crippen LogP contribution is -2.17. The quantitative estimate of drug-likeness (QED) is 0.361. The molecule has 2 aromatic rings. The molecule has 18 heavy (non-hydrogen) atoms. The van der Waals surface area contributed by atoms with Crippen LogP contribution in [0, 0.1) is 20.8 Å². The third-order valence-corrected chi connectivity index (χ3v) is 3.07. The Labute approximate surface area is 105 Å². The van der Waals surface area contributed by atoms with Gasteiger partial charge in [0.1, 0.15) is 0 Å². The smallest absolute Gasteiger partial charge is 0.172 e. The molecule has 0 fully saturated rings. The maximum Gasteiger partial charge on any atom is 0.172 e. The minimum absolute atomic E-state index is 0.0395. The first-order valence-corrected chi connectivity index (χ1v) is 5.51. The zero-order chi connectivity index (χ0) is 13.3. The molecule has 2 aromatic heterocycles. The highest BCUT2D eigenvalue weighted by molar-refractivity contribution is 6.00. The standard InChI is InChI=1S/C12H15N5O/c1-7-8(2)15-17(9(7)3)11-6-14-5-4-10(11)12(13)16-18/h4-6,18H,1-3H3,(H2,13,16). The van der Waals surface area contributed by atoms with E-state index in [1.807, 2.05) is 20.8 Å². The van der Waals surface area contributed by atoms with Crippen LogP contribution in [-0.4, -0.2) is 25.8 Å². The largest absolute Gasteiger partial charge is 0.409 e. The van der Waals surface area contributed by atoms with Crippen LogP contribution in [0.2, 0.25) is 0 Å². The monoisotopic (exact) mass is 245 g/mol. The molecule has 0 bridgehead atoms. The Morgan fingerprint density at radius 2 is 2.11 bits per heavy atom. The fraction of sp³-hybridized carbons (Fsp3) is 0.250. The minimum atomic E-state index is 0.0395. The van der Waals surface area contributed by atoms with Gasteiger partial charge in [0.15, 0.2) is 5.84 Å². The molecule has 2 heterocycles. The van der Waals surface area contributed by atoms with Gasteiger partial charge in [0, 0.05) is 17.5 Å². The van der Waals surface area contributed by atoms with Gasteiger partial charge in [-0.1, -0.05) is 5.16 Å². The van der Waals surface area contributed by atoms with Crippen molar-refractivity contribution in [3.05, 3.63) is 41.0 Å². The average Bonchev–Trinajstić information content (AvgIpc) is 2.65. The first kappa shape index (κ1) is 12.1. The molecular formula is C12H15N5O. The van der Waals surface area contributed by atoms with Crippen molar-refractivity contribution in [1.82, 2.24) is 14.8 Å². The summed E-state index contributed by atoms with van der Waals surface area (Å²) in [6, 6.07) is 1.69. The van der Waals surface area contributed by atoms with Gasteiger partial charge in [-0.15, -0.1) is 0 Å². The van der Waals surface area contributed by atoms with Crippen molar-refractivity contribution in [2.24, 2.45) is 10.9 Å². The predicted octanol–water partition coefficient (Wildman–Crippen LogP) is 1.29. The predicted molar refractivity (Wildman–Crippen MR) is 68.1 cm³/mol. The van der Waals surface area contributed by atoms with E-state index in [0.717, 1.165) is 17.0 Å². The second kappa shape index (κ2) is 4.48. The zero-order valence-corrected chi connectivity index (χ0v) is 10.5. The molecule has 0 aliphatic carbocycles. The van der Waals surface area contributed by atoms with Gasteiger partial charge in [-0.2, -0.15) is 5.10 Å². The molecule has 0 spiro atoms. The van der Waals surface area contributed by atoms with Crippen molar-refractivity contribution >= 4 is 5.84 Å². The van der Waals surface area contributed by atoms with Gasteiger partial charge >= 0.3 is 0 Å². The van der Waals surface area contributed by atoms with Crippen LogP contribution in [0.25, 0.3) is 5.69 Å². The van der Waals surface area contributed by atoms with Crippen LogP contribution < -0.4 is 5.73 Å². The van der Waals surface area contributed by atoms with Crippen LogP contribution in [-0.2, 0) is 0 Å². The summed E-state index contributed by atoms with van der Waals surface area (Å²) in [7, 11) is 0. The van der Waals surface area contributed by atoms with Crippen LogP contribution in [0.4, 0.5) is 0 Å². The summed E-state index contributed by atoms with van der Waals surface area (Å²) < 4.78 is 1.76. The first-order valence-electron chi connectivity index (χ1n) is 5.51. The summed E-state index contributed by atoms with van der Waals surface area (Å²) in [6.07, 6.45) is 3.24. The van der Waals surface area contributed by atoms with E-state index in [1.54, 1.807) is 23.1 Å². The fourth-order valence-electron chi connectivity index (χ4n) is 1.78. The molecule has 0 unspecified atom stereocenters. The first-order chi connectivity index (χ1) is 8.56. The number of nitrogens with two attached hydrogens (primary N) is 1. The van der Waals surface area contributed by atoms with Gasteiger partial charge in [0.25, 0.3) is 0 Å². The minimum Gasteiger partial charge on any atom is -0.409 e. The Morgan fingerprint density at radius 3 is 2.67 bits per heavy atom. The Bertz CT molecular complexity index is 615. The maximum absolute atomic E-state index is 8.80. The third kappa shape index (κ3) is 1.81. The van der Waals surface area contributed by atoms with Crippen LogP contribution >= 0.6 is 0 Å². The number of amidine groups is 1. The molecule has 0 saturated carbocycles. The fourth-order valence-corrected chi connectivity index (χ4v) is 1.78. The SMILES string of the molecule is Cc1nn(-c2cnccc2/C(N)=N/O)c(C)c1C. The number of hydrogen-bond acceptors (Lipinski definition) is 4. The molecular weight excluding hydrogens is 230 g/mol. The third-order valence-electron chi connectivity index (χ3n) is 3.07.